The summed E-state index contributed by atoms with van der Waals surface area (Å²) >= 11 is 3.26. The molecule has 1 aliphatic heterocycles. The van der Waals surface area contributed by atoms with Gasteiger partial charge in [-0.05, 0) is 36.8 Å². The summed E-state index contributed by atoms with van der Waals surface area (Å²) in [6, 6.07) is 3.86. The number of anilines is 1. The van der Waals surface area contributed by atoms with Crippen molar-refractivity contribution in [2.45, 2.75) is 32.1 Å². The van der Waals surface area contributed by atoms with E-state index in [9.17, 15) is 4.79 Å². The third kappa shape index (κ3) is 3.41. The van der Waals surface area contributed by atoms with Crippen molar-refractivity contribution >= 4 is 33.7 Å². The van der Waals surface area contributed by atoms with Crippen LogP contribution < -0.4 is 5.32 Å². The second-order valence-corrected chi connectivity index (χ2v) is 7.10. The number of hydrogen-bond donors (Lipinski definition) is 1. The fourth-order valence-corrected chi connectivity index (χ4v) is 4.00. The van der Waals surface area contributed by atoms with Gasteiger partial charge >= 0.3 is 6.03 Å². The van der Waals surface area contributed by atoms with Gasteiger partial charge in [0.05, 0.1) is 5.00 Å². The molecule has 2 aromatic rings. The predicted molar refractivity (Wildman–Crippen MR) is 86.2 cm³/mol. The smallest absolute Gasteiger partial charge is 0.322 e. The molecular formula is C14H18N4OS2. The van der Waals surface area contributed by atoms with Crippen LogP contribution >= 0.6 is 22.7 Å². The Balaban J connectivity index is 1.53. The quantitative estimate of drug-likeness (QED) is 0.940. The Bertz CT molecular complexity index is 588. The number of urea groups is 1. The average molecular weight is 322 g/mol. The minimum absolute atomic E-state index is 0.00223. The van der Waals surface area contributed by atoms with Crippen molar-refractivity contribution in [3.8, 4) is 0 Å². The van der Waals surface area contributed by atoms with Crippen LogP contribution in [0.15, 0.2) is 17.5 Å². The van der Waals surface area contributed by atoms with Gasteiger partial charge in [-0.2, -0.15) is 0 Å². The maximum absolute atomic E-state index is 12.2. The van der Waals surface area contributed by atoms with Gasteiger partial charge in [-0.15, -0.1) is 32.9 Å². The maximum atomic E-state index is 12.2. The molecule has 1 N–H and O–H groups in total. The van der Waals surface area contributed by atoms with Gasteiger partial charge in [0.15, 0.2) is 0 Å². The number of amides is 2. The molecule has 21 heavy (non-hydrogen) atoms. The highest BCUT2D eigenvalue weighted by Gasteiger charge is 2.26. The highest BCUT2D eigenvalue weighted by Crippen LogP contribution is 2.30. The Morgan fingerprint density at radius 1 is 1.43 bits per heavy atom. The standard InChI is InChI=1S/C14H18N4OS2/c1-2-11-16-17-13(21-11)10-5-7-18(8-6-10)14(19)15-12-4-3-9-20-12/h3-4,9-10H,2,5-8H2,1H3,(H,15,19). The fraction of sp³-hybridized carbons (Fsp3) is 0.500. The van der Waals surface area contributed by atoms with E-state index in [1.54, 1.807) is 22.7 Å². The third-order valence-electron chi connectivity index (χ3n) is 3.67. The van der Waals surface area contributed by atoms with Crippen LogP contribution in [-0.2, 0) is 6.42 Å². The molecule has 5 nitrogen and oxygen atoms in total. The second kappa shape index (κ2) is 6.53. The lowest BCUT2D eigenvalue weighted by molar-refractivity contribution is 0.194. The first-order chi connectivity index (χ1) is 10.3. The molecule has 1 fully saturated rings. The molecule has 1 saturated heterocycles. The first-order valence-corrected chi connectivity index (χ1v) is 8.87. The van der Waals surface area contributed by atoms with Crippen molar-refractivity contribution in [2.24, 2.45) is 0 Å². The van der Waals surface area contributed by atoms with Crippen LogP contribution in [0.5, 0.6) is 0 Å². The summed E-state index contributed by atoms with van der Waals surface area (Å²) in [6.45, 7) is 3.66. The van der Waals surface area contributed by atoms with Gasteiger partial charge in [-0.1, -0.05) is 6.92 Å². The molecule has 0 aliphatic carbocycles. The lowest BCUT2D eigenvalue weighted by atomic mass is 9.98. The van der Waals surface area contributed by atoms with Crippen molar-refractivity contribution < 1.29 is 4.79 Å². The summed E-state index contributed by atoms with van der Waals surface area (Å²) in [5, 5.41) is 16.5. The van der Waals surface area contributed by atoms with Crippen molar-refractivity contribution in [3.05, 3.63) is 27.5 Å². The molecule has 0 bridgehead atoms. The van der Waals surface area contributed by atoms with Gasteiger partial charge in [-0.25, -0.2) is 4.79 Å². The number of aryl methyl sites for hydroxylation is 1. The maximum Gasteiger partial charge on any atom is 0.322 e. The lowest BCUT2D eigenvalue weighted by Gasteiger charge is -2.30. The zero-order valence-electron chi connectivity index (χ0n) is 11.9. The molecule has 0 radical (unpaired) electrons. The van der Waals surface area contributed by atoms with Crippen LogP contribution in [0.2, 0.25) is 0 Å². The summed E-state index contributed by atoms with van der Waals surface area (Å²) in [5.41, 5.74) is 0. The summed E-state index contributed by atoms with van der Waals surface area (Å²) in [7, 11) is 0. The van der Waals surface area contributed by atoms with E-state index in [-0.39, 0.29) is 6.03 Å². The molecule has 2 amide bonds. The molecule has 1 aliphatic rings. The van der Waals surface area contributed by atoms with Crippen LogP contribution in [0.3, 0.4) is 0 Å². The number of hydrogen-bond acceptors (Lipinski definition) is 5. The molecule has 7 heteroatoms. The van der Waals surface area contributed by atoms with Gasteiger partial charge in [0, 0.05) is 19.0 Å². The number of nitrogens with one attached hydrogen (secondary N) is 1. The van der Waals surface area contributed by atoms with Gasteiger partial charge in [0.2, 0.25) is 0 Å². The lowest BCUT2D eigenvalue weighted by Crippen LogP contribution is -2.40. The number of carbonyl (C=O) groups excluding carboxylic acids is 1. The highest BCUT2D eigenvalue weighted by atomic mass is 32.1. The van der Waals surface area contributed by atoms with Gasteiger partial charge in [0.25, 0.3) is 0 Å². The summed E-state index contributed by atoms with van der Waals surface area (Å²) in [5.74, 6) is 0.452. The topological polar surface area (TPSA) is 58.1 Å². The van der Waals surface area contributed by atoms with E-state index < -0.39 is 0 Å². The summed E-state index contributed by atoms with van der Waals surface area (Å²) in [4.78, 5) is 14.0. The van der Waals surface area contributed by atoms with E-state index in [0.29, 0.717) is 5.92 Å². The number of likely N-dealkylation sites (tertiary alicyclic amines) is 1. The molecule has 0 unspecified atom stereocenters. The number of rotatable bonds is 3. The SMILES string of the molecule is CCc1nnc(C2CCN(C(=O)Nc3cccs3)CC2)s1. The molecule has 0 atom stereocenters. The second-order valence-electron chi connectivity index (χ2n) is 5.06. The average Bonchev–Trinajstić information content (AvgIpc) is 3.18. The Hall–Kier alpha value is -1.47. The highest BCUT2D eigenvalue weighted by molar-refractivity contribution is 7.14. The largest absolute Gasteiger partial charge is 0.324 e. The van der Waals surface area contributed by atoms with Crippen molar-refractivity contribution in [2.75, 3.05) is 18.4 Å². The van der Waals surface area contributed by atoms with Gasteiger partial charge in [-0.3, -0.25) is 5.32 Å². The summed E-state index contributed by atoms with van der Waals surface area (Å²) in [6.07, 6.45) is 2.88. The van der Waals surface area contributed by atoms with E-state index in [0.717, 1.165) is 47.4 Å². The first kappa shape index (κ1) is 14.5. The van der Waals surface area contributed by atoms with Crippen LogP contribution in [0.25, 0.3) is 0 Å². The minimum Gasteiger partial charge on any atom is -0.324 e. The molecule has 3 heterocycles. The van der Waals surface area contributed by atoms with Crippen LogP contribution in [0.4, 0.5) is 9.80 Å². The van der Waals surface area contributed by atoms with Crippen molar-refractivity contribution in [1.29, 1.82) is 0 Å². The summed E-state index contributed by atoms with van der Waals surface area (Å²) < 4.78 is 0. The Kier molecular flexibility index (Phi) is 4.50. The number of nitrogens with zero attached hydrogens (tertiary/aromatic N) is 3. The van der Waals surface area contributed by atoms with E-state index in [1.807, 2.05) is 22.4 Å². The Labute approximate surface area is 132 Å². The number of carbonyl (C=O) groups is 1. The molecule has 112 valence electrons. The van der Waals surface area contributed by atoms with E-state index in [2.05, 4.69) is 22.4 Å². The molecule has 0 saturated carbocycles. The Morgan fingerprint density at radius 2 is 2.24 bits per heavy atom. The zero-order chi connectivity index (χ0) is 14.7. The van der Waals surface area contributed by atoms with E-state index in [4.69, 9.17) is 0 Å². The van der Waals surface area contributed by atoms with Gasteiger partial charge in [0.1, 0.15) is 10.0 Å². The van der Waals surface area contributed by atoms with Crippen molar-refractivity contribution in [1.82, 2.24) is 15.1 Å². The molecule has 3 rings (SSSR count). The van der Waals surface area contributed by atoms with Crippen LogP contribution in [0, 0.1) is 0 Å². The third-order valence-corrected chi connectivity index (χ3v) is 5.68. The van der Waals surface area contributed by atoms with Gasteiger partial charge < -0.3 is 4.90 Å². The van der Waals surface area contributed by atoms with Crippen molar-refractivity contribution in [3.63, 3.8) is 0 Å². The molecule has 0 spiro atoms. The monoisotopic (exact) mass is 322 g/mol. The first-order valence-electron chi connectivity index (χ1n) is 7.18. The molecule has 2 aromatic heterocycles. The van der Waals surface area contributed by atoms with Crippen LogP contribution in [-0.4, -0.2) is 34.2 Å². The fourth-order valence-electron chi connectivity index (χ4n) is 2.44. The minimum atomic E-state index is 0.00223. The normalized spacial score (nSPS) is 16.1. The number of thiophene rings is 1. The molecule has 0 aromatic carbocycles. The number of aromatic nitrogens is 2. The Morgan fingerprint density at radius 3 is 2.86 bits per heavy atom. The van der Waals surface area contributed by atoms with E-state index >= 15 is 0 Å². The van der Waals surface area contributed by atoms with Crippen LogP contribution in [0.1, 0.15) is 35.7 Å². The number of piperidine rings is 1. The van der Waals surface area contributed by atoms with E-state index in [1.165, 1.54) is 0 Å². The predicted octanol–water partition coefficient (Wildman–Crippen LogP) is 3.57. The molecular weight excluding hydrogens is 304 g/mol. The zero-order valence-corrected chi connectivity index (χ0v) is 13.5.